The molecule has 5 heteroatoms. The maximum Gasteiger partial charge on any atom is 0.307 e. The molecule has 1 aliphatic carbocycles. The molecule has 2 aliphatic rings. The molecule has 108 valence electrons. The average Bonchev–Trinajstić information content (AvgIpc) is 2.86. The Bertz CT molecular complexity index is 678. The largest absolute Gasteiger partial charge is 0.481 e. The summed E-state index contributed by atoms with van der Waals surface area (Å²) in [7, 11) is 0. The fourth-order valence-electron chi connectivity index (χ4n) is 2.73. The van der Waals surface area contributed by atoms with Crippen molar-refractivity contribution in [3.05, 3.63) is 52.7 Å². The third-order valence-electron chi connectivity index (χ3n) is 3.81. The van der Waals surface area contributed by atoms with Gasteiger partial charge >= 0.3 is 5.97 Å². The van der Waals surface area contributed by atoms with Gasteiger partial charge in [0.05, 0.1) is 12.3 Å². The van der Waals surface area contributed by atoms with Crippen LogP contribution in [0.1, 0.15) is 12.0 Å². The Hall–Kier alpha value is -2.07. The van der Waals surface area contributed by atoms with Crippen molar-refractivity contribution >= 4 is 29.0 Å². The Kier molecular flexibility index (Phi) is 3.55. The van der Waals surface area contributed by atoms with E-state index in [9.17, 15) is 9.59 Å². The van der Waals surface area contributed by atoms with Crippen LogP contribution in [0.25, 0.3) is 0 Å². The molecule has 0 aromatic heterocycles. The van der Waals surface area contributed by atoms with E-state index >= 15 is 0 Å². The molecule has 0 saturated carbocycles. The van der Waals surface area contributed by atoms with Gasteiger partial charge in [0.15, 0.2) is 0 Å². The van der Waals surface area contributed by atoms with Crippen LogP contribution in [0.5, 0.6) is 0 Å². The standard InChI is InChI=1S/C16H14ClNO3/c17-14-7-12(5-4-10(14)6-16(20)21)18-8-11-2-1-3-15(19)13(11)9-18/h1-2,4-5,7-8,13H,3,6,9H2,(H,20,21). The van der Waals surface area contributed by atoms with Crippen molar-refractivity contribution in [3.63, 3.8) is 0 Å². The highest BCUT2D eigenvalue weighted by Crippen LogP contribution is 2.33. The van der Waals surface area contributed by atoms with E-state index in [0.717, 1.165) is 11.3 Å². The van der Waals surface area contributed by atoms with Crippen molar-refractivity contribution in [2.75, 3.05) is 11.4 Å². The SMILES string of the molecule is O=C(O)Cc1ccc(N2C=C3C=CCC(=O)C3C2)cc1Cl. The number of aliphatic carboxylic acids is 1. The lowest BCUT2D eigenvalue weighted by atomic mass is 9.90. The number of allylic oxidation sites excluding steroid dienone is 2. The monoisotopic (exact) mass is 303 g/mol. The molecule has 0 bridgehead atoms. The van der Waals surface area contributed by atoms with Crippen LogP contribution in [-0.4, -0.2) is 23.4 Å². The first-order valence-corrected chi connectivity index (χ1v) is 7.10. The van der Waals surface area contributed by atoms with Crippen LogP contribution in [0.4, 0.5) is 5.69 Å². The first-order chi connectivity index (χ1) is 10.0. The molecule has 0 radical (unpaired) electrons. The Balaban J connectivity index is 1.84. The first kappa shape index (κ1) is 13.9. The van der Waals surface area contributed by atoms with Gasteiger partial charge in [0.25, 0.3) is 0 Å². The molecular formula is C16H14ClNO3. The van der Waals surface area contributed by atoms with Crippen molar-refractivity contribution < 1.29 is 14.7 Å². The summed E-state index contributed by atoms with van der Waals surface area (Å²) in [6.07, 6.45) is 6.24. The molecule has 1 unspecified atom stereocenters. The van der Waals surface area contributed by atoms with Gasteiger partial charge in [0.1, 0.15) is 5.78 Å². The van der Waals surface area contributed by atoms with E-state index in [2.05, 4.69) is 0 Å². The number of carbonyl (C=O) groups excluding carboxylic acids is 1. The van der Waals surface area contributed by atoms with Gasteiger partial charge in [-0.3, -0.25) is 9.59 Å². The summed E-state index contributed by atoms with van der Waals surface area (Å²) >= 11 is 6.14. The summed E-state index contributed by atoms with van der Waals surface area (Å²) < 4.78 is 0. The first-order valence-electron chi connectivity index (χ1n) is 6.72. The number of hydrogen-bond donors (Lipinski definition) is 1. The summed E-state index contributed by atoms with van der Waals surface area (Å²) in [5.74, 6) is -0.734. The second-order valence-corrected chi connectivity index (χ2v) is 5.66. The maximum atomic E-state index is 11.9. The number of anilines is 1. The Labute approximate surface area is 127 Å². The highest BCUT2D eigenvalue weighted by Gasteiger charge is 2.31. The molecule has 21 heavy (non-hydrogen) atoms. The van der Waals surface area contributed by atoms with Gasteiger partial charge in [-0.15, -0.1) is 0 Å². The molecule has 3 rings (SSSR count). The summed E-state index contributed by atoms with van der Waals surface area (Å²) in [4.78, 5) is 24.6. The molecule has 0 spiro atoms. The fraction of sp³-hybridized carbons (Fsp3) is 0.250. The second kappa shape index (κ2) is 5.37. The van der Waals surface area contributed by atoms with Crippen LogP contribution in [0.15, 0.2) is 42.1 Å². The van der Waals surface area contributed by atoms with E-state index in [-0.39, 0.29) is 18.1 Å². The zero-order valence-corrected chi connectivity index (χ0v) is 12.0. The fourth-order valence-corrected chi connectivity index (χ4v) is 2.97. The number of carbonyl (C=O) groups is 2. The molecule has 0 fully saturated rings. The van der Waals surface area contributed by atoms with Crippen LogP contribution < -0.4 is 4.90 Å². The minimum atomic E-state index is -0.908. The zero-order valence-electron chi connectivity index (χ0n) is 11.3. The number of Topliss-reactive ketones (excluding diaryl/α,β-unsaturated/α-hetero) is 1. The van der Waals surface area contributed by atoms with E-state index < -0.39 is 5.97 Å². The van der Waals surface area contributed by atoms with Crippen LogP contribution in [0.3, 0.4) is 0 Å². The van der Waals surface area contributed by atoms with Crippen molar-refractivity contribution in [2.24, 2.45) is 5.92 Å². The smallest absolute Gasteiger partial charge is 0.307 e. The van der Waals surface area contributed by atoms with E-state index in [1.165, 1.54) is 0 Å². The third kappa shape index (κ3) is 2.72. The van der Waals surface area contributed by atoms with E-state index in [1.54, 1.807) is 12.1 Å². The summed E-state index contributed by atoms with van der Waals surface area (Å²) in [6, 6.07) is 5.32. The number of carboxylic acids is 1. The van der Waals surface area contributed by atoms with Gasteiger partial charge in [-0.1, -0.05) is 29.8 Å². The number of halogens is 1. The molecule has 1 aromatic rings. The summed E-state index contributed by atoms with van der Waals surface area (Å²) in [6.45, 7) is 0.618. The van der Waals surface area contributed by atoms with Crippen LogP contribution in [0.2, 0.25) is 5.02 Å². The lowest BCUT2D eigenvalue weighted by molar-refractivity contribution is -0.136. The van der Waals surface area contributed by atoms with Crippen molar-refractivity contribution in [3.8, 4) is 0 Å². The number of benzene rings is 1. The molecule has 1 aliphatic heterocycles. The topological polar surface area (TPSA) is 57.6 Å². The van der Waals surface area contributed by atoms with E-state index in [1.807, 2.05) is 29.3 Å². The normalized spacial score (nSPS) is 20.4. The minimum absolute atomic E-state index is 0.0625. The number of hydrogen-bond acceptors (Lipinski definition) is 3. The Morgan fingerprint density at radius 1 is 1.43 bits per heavy atom. The molecule has 4 nitrogen and oxygen atoms in total. The molecule has 1 heterocycles. The average molecular weight is 304 g/mol. The van der Waals surface area contributed by atoms with Gasteiger partial charge < -0.3 is 10.0 Å². The molecule has 1 N–H and O–H groups in total. The molecule has 0 saturated heterocycles. The van der Waals surface area contributed by atoms with Gasteiger partial charge in [-0.2, -0.15) is 0 Å². The number of fused-ring (bicyclic) bond motifs is 1. The maximum absolute atomic E-state index is 11.9. The molecule has 1 atom stereocenters. The van der Waals surface area contributed by atoms with Crippen molar-refractivity contribution in [1.29, 1.82) is 0 Å². The number of nitrogens with zero attached hydrogens (tertiary/aromatic N) is 1. The Morgan fingerprint density at radius 3 is 2.90 bits per heavy atom. The molecule has 0 amide bonds. The van der Waals surface area contributed by atoms with Gasteiger partial charge in [-0.25, -0.2) is 0 Å². The van der Waals surface area contributed by atoms with E-state index in [0.29, 0.717) is 23.6 Å². The summed E-state index contributed by atoms with van der Waals surface area (Å²) in [5, 5.41) is 9.25. The zero-order chi connectivity index (χ0) is 15.0. The van der Waals surface area contributed by atoms with Crippen LogP contribution in [-0.2, 0) is 16.0 Å². The predicted octanol–water partition coefficient (Wildman–Crippen LogP) is 2.82. The van der Waals surface area contributed by atoms with Crippen LogP contribution >= 0.6 is 11.6 Å². The van der Waals surface area contributed by atoms with E-state index in [4.69, 9.17) is 16.7 Å². The number of ketones is 1. The predicted molar refractivity (Wildman–Crippen MR) is 80.5 cm³/mol. The summed E-state index contributed by atoms with van der Waals surface area (Å²) in [5.41, 5.74) is 2.49. The quantitative estimate of drug-likeness (QED) is 0.933. The highest BCUT2D eigenvalue weighted by molar-refractivity contribution is 6.31. The van der Waals surface area contributed by atoms with Gasteiger partial charge in [0.2, 0.25) is 0 Å². The Morgan fingerprint density at radius 2 is 2.24 bits per heavy atom. The lowest BCUT2D eigenvalue weighted by Crippen LogP contribution is -2.24. The minimum Gasteiger partial charge on any atom is -0.481 e. The number of rotatable bonds is 3. The lowest BCUT2D eigenvalue weighted by Gasteiger charge is -2.19. The van der Waals surface area contributed by atoms with Crippen LogP contribution in [0, 0.1) is 5.92 Å². The van der Waals surface area contributed by atoms with Gasteiger partial charge in [0, 0.05) is 29.9 Å². The van der Waals surface area contributed by atoms with Gasteiger partial charge in [-0.05, 0) is 23.3 Å². The molecular weight excluding hydrogens is 290 g/mol. The highest BCUT2D eigenvalue weighted by atomic mass is 35.5. The number of carboxylic acid groups (broad SMARTS) is 1. The van der Waals surface area contributed by atoms with Crippen molar-refractivity contribution in [1.82, 2.24) is 0 Å². The second-order valence-electron chi connectivity index (χ2n) is 5.25. The molecule has 1 aromatic carbocycles. The third-order valence-corrected chi connectivity index (χ3v) is 4.17. The van der Waals surface area contributed by atoms with Crippen molar-refractivity contribution in [2.45, 2.75) is 12.8 Å².